The maximum Gasteiger partial charge on any atom is 0.253 e. The number of nitrogens with one attached hydrogen (secondary N) is 1. The van der Waals surface area contributed by atoms with Crippen molar-refractivity contribution in [3.8, 4) is 11.5 Å². The van der Waals surface area contributed by atoms with Crippen LogP contribution >= 0.6 is 11.8 Å². The second kappa shape index (κ2) is 9.72. The molecule has 0 radical (unpaired) electrons. The third-order valence-electron chi connectivity index (χ3n) is 5.68. The summed E-state index contributed by atoms with van der Waals surface area (Å²) in [7, 11) is 0. The fraction of sp³-hybridized carbons (Fsp3) is 0.280. The zero-order valence-corrected chi connectivity index (χ0v) is 19.8. The van der Waals surface area contributed by atoms with Crippen molar-refractivity contribution >= 4 is 23.4 Å². The maximum atomic E-state index is 12.4. The Bertz CT molecular complexity index is 1330. The van der Waals surface area contributed by atoms with Crippen LogP contribution in [-0.2, 0) is 11.2 Å². The van der Waals surface area contributed by atoms with Gasteiger partial charge in [0.1, 0.15) is 12.7 Å². The van der Waals surface area contributed by atoms with Crippen LogP contribution in [0.15, 0.2) is 59.8 Å². The first-order chi connectivity index (χ1) is 16.6. The monoisotopic (exact) mass is 475 g/mol. The molecule has 3 heterocycles. The van der Waals surface area contributed by atoms with Crippen molar-refractivity contribution in [3.05, 3.63) is 77.1 Å². The molecule has 1 aliphatic heterocycles. The van der Waals surface area contributed by atoms with E-state index >= 15 is 0 Å². The van der Waals surface area contributed by atoms with E-state index in [9.17, 15) is 4.79 Å². The van der Waals surface area contributed by atoms with Crippen LogP contribution in [0.1, 0.15) is 22.5 Å². The molecular weight excluding hydrogens is 450 g/mol. The lowest BCUT2D eigenvalue weighted by atomic mass is 10.0. The molecule has 0 saturated carbocycles. The zero-order chi connectivity index (χ0) is 23.5. The van der Waals surface area contributed by atoms with Gasteiger partial charge in [-0.15, -0.1) is 5.10 Å². The number of thioether (sulfide) groups is 1. The summed E-state index contributed by atoms with van der Waals surface area (Å²) < 4.78 is 13.3. The first-order valence-corrected chi connectivity index (χ1v) is 12.1. The van der Waals surface area contributed by atoms with Gasteiger partial charge in [-0.3, -0.25) is 4.79 Å². The molecular formula is C25H25N5O3S. The molecule has 1 aliphatic rings. The van der Waals surface area contributed by atoms with Crippen molar-refractivity contribution in [2.75, 3.05) is 18.9 Å². The molecule has 2 aromatic carbocycles. The van der Waals surface area contributed by atoms with E-state index in [-0.39, 0.29) is 17.8 Å². The number of para-hydroxylation sites is 2. The van der Waals surface area contributed by atoms with Crippen LogP contribution in [0.4, 0.5) is 0 Å². The van der Waals surface area contributed by atoms with E-state index in [0.717, 1.165) is 29.1 Å². The summed E-state index contributed by atoms with van der Waals surface area (Å²) in [6.45, 7) is 4.79. The first kappa shape index (κ1) is 22.2. The molecule has 2 aromatic heterocycles. The Labute approximate surface area is 201 Å². The highest BCUT2D eigenvalue weighted by molar-refractivity contribution is 7.99. The molecule has 1 amide bonds. The van der Waals surface area contributed by atoms with Crippen molar-refractivity contribution in [2.45, 2.75) is 31.5 Å². The lowest BCUT2D eigenvalue weighted by Gasteiger charge is -2.26. The predicted octanol–water partition coefficient (Wildman–Crippen LogP) is 3.38. The quantitative estimate of drug-likeness (QED) is 0.410. The normalized spacial score (nSPS) is 14.8. The van der Waals surface area contributed by atoms with Gasteiger partial charge in [0.15, 0.2) is 11.5 Å². The third kappa shape index (κ3) is 4.84. The Balaban J connectivity index is 1.19. The SMILES string of the molecule is Cc1nc2nc(SCC(=O)NCC3COc4ccccc4O3)nn2c(C)c1Cc1ccccc1. The van der Waals surface area contributed by atoms with E-state index < -0.39 is 0 Å². The highest BCUT2D eigenvalue weighted by Crippen LogP contribution is 2.30. The number of aromatic nitrogens is 4. The van der Waals surface area contributed by atoms with Gasteiger partial charge in [-0.05, 0) is 37.1 Å². The van der Waals surface area contributed by atoms with Crippen LogP contribution in [0.3, 0.4) is 0 Å². The molecule has 4 aromatic rings. The second-order valence-corrected chi connectivity index (χ2v) is 9.06. The molecule has 8 nitrogen and oxygen atoms in total. The van der Waals surface area contributed by atoms with Gasteiger partial charge in [0.25, 0.3) is 5.78 Å². The van der Waals surface area contributed by atoms with Crippen LogP contribution in [0.5, 0.6) is 11.5 Å². The number of amides is 1. The summed E-state index contributed by atoms with van der Waals surface area (Å²) in [5.41, 5.74) is 4.29. The second-order valence-electron chi connectivity index (χ2n) is 8.12. The number of aryl methyl sites for hydroxylation is 2. The summed E-state index contributed by atoms with van der Waals surface area (Å²) in [5.74, 6) is 2.06. The van der Waals surface area contributed by atoms with Gasteiger partial charge >= 0.3 is 0 Å². The minimum Gasteiger partial charge on any atom is -0.486 e. The van der Waals surface area contributed by atoms with Crippen molar-refractivity contribution < 1.29 is 14.3 Å². The fourth-order valence-electron chi connectivity index (χ4n) is 3.88. The van der Waals surface area contributed by atoms with Crippen molar-refractivity contribution in [3.63, 3.8) is 0 Å². The van der Waals surface area contributed by atoms with E-state index in [0.29, 0.717) is 29.8 Å². The van der Waals surface area contributed by atoms with E-state index in [1.165, 1.54) is 17.3 Å². The van der Waals surface area contributed by atoms with E-state index in [1.54, 1.807) is 4.52 Å². The molecule has 1 atom stereocenters. The Kier molecular flexibility index (Phi) is 6.35. The van der Waals surface area contributed by atoms with Gasteiger partial charge in [-0.2, -0.15) is 4.98 Å². The molecule has 1 unspecified atom stereocenters. The number of benzene rings is 2. The van der Waals surface area contributed by atoms with Crippen LogP contribution in [0, 0.1) is 13.8 Å². The lowest BCUT2D eigenvalue weighted by molar-refractivity contribution is -0.119. The van der Waals surface area contributed by atoms with Gasteiger partial charge in [-0.25, -0.2) is 9.50 Å². The van der Waals surface area contributed by atoms with E-state index in [1.807, 2.05) is 56.3 Å². The minimum atomic E-state index is -0.227. The number of carbonyl (C=O) groups excluding carboxylic acids is 1. The largest absolute Gasteiger partial charge is 0.486 e. The summed E-state index contributed by atoms with van der Waals surface area (Å²) >= 11 is 1.29. The summed E-state index contributed by atoms with van der Waals surface area (Å²) in [5, 5.41) is 8.01. The average Bonchev–Trinajstić information content (AvgIpc) is 3.27. The molecule has 0 aliphatic carbocycles. The number of ether oxygens (including phenoxy) is 2. The van der Waals surface area contributed by atoms with Crippen molar-refractivity contribution in [2.24, 2.45) is 0 Å². The standard InChI is InChI=1S/C25H25N5O3S/c1-16-20(12-18-8-4-3-5-9-18)17(2)30-24(27-16)28-25(29-30)34-15-23(31)26-13-19-14-32-21-10-6-7-11-22(21)33-19/h3-11,19H,12-15H2,1-2H3,(H,26,31). The van der Waals surface area contributed by atoms with E-state index in [2.05, 4.69) is 32.5 Å². The molecule has 0 fully saturated rings. The number of hydrogen-bond donors (Lipinski definition) is 1. The van der Waals surface area contributed by atoms with Crippen molar-refractivity contribution in [1.29, 1.82) is 0 Å². The van der Waals surface area contributed by atoms with Crippen LogP contribution in [0.25, 0.3) is 5.78 Å². The Morgan fingerprint density at radius 3 is 2.68 bits per heavy atom. The lowest BCUT2D eigenvalue weighted by Crippen LogP contribution is -2.41. The summed E-state index contributed by atoms with van der Waals surface area (Å²) in [6.07, 6.45) is 0.555. The Hall–Kier alpha value is -3.59. The van der Waals surface area contributed by atoms with Gasteiger partial charge in [0.2, 0.25) is 11.1 Å². The highest BCUT2D eigenvalue weighted by atomic mass is 32.2. The molecule has 34 heavy (non-hydrogen) atoms. The number of nitrogens with zero attached hydrogens (tertiary/aromatic N) is 4. The molecule has 0 spiro atoms. The van der Waals surface area contributed by atoms with Crippen LogP contribution < -0.4 is 14.8 Å². The number of fused-ring (bicyclic) bond motifs is 2. The first-order valence-electron chi connectivity index (χ1n) is 11.1. The van der Waals surface area contributed by atoms with Crippen LogP contribution in [-0.4, -0.2) is 50.5 Å². The molecule has 174 valence electrons. The van der Waals surface area contributed by atoms with E-state index in [4.69, 9.17) is 9.47 Å². The third-order valence-corrected chi connectivity index (χ3v) is 6.52. The minimum absolute atomic E-state index is 0.114. The van der Waals surface area contributed by atoms with Gasteiger partial charge in [0.05, 0.1) is 12.3 Å². The Morgan fingerprint density at radius 1 is 1.09 bits per heavy atom. The molecule has 9 heteroatoms. The summed E-state index contributed by atoms with van der Waals surface area (Å²) in [6, 6.07) is 17.8. The molecule has 0 bridgehead atoms. The van der Waals surface area contributed by atoms with Gasteiger partial charge < -0.3 is 14.8 Å². The molecule has 0 saturated heterocycles. The Morgan fingerprint density at radius 2 is 1.85 bits per heavy atom. The average molecular weight is 476 g/mol. The van der Waals surface area contributed by atoms with Gasteiger partial charge in [0, 0.05) is 17.8 Å². The maximum absolute atomic E-state index is 12.4. The number of carbonyl (C=O) groups is 1. The summed E-state index contributed by atoms with van der Waals surface area (Å²) in [4.78, 5) is 21.5. The van der Waals surface area contributed by atoms with Crippen molar-refractivity contribution in [1.82, 2.24) is 24.9 Å². The predicted molar refractivity (Wildman–Crippen MR) is 130 cm³/mol. The molecule has 1 N–H and O–H groups in total. The highest BCUT2D eigenvalue weighted by Gasteiger charge is 2.21. The zero-order valence-electron chi connectivity index (χ0n) is 19.0. The number of rotatable bonds is 7. The fourth-order valence-corrected chi connectivity index (χ4v) is 4.53. The smallest absolute Gasteiger partial charge is 0.253 e. The van der Waals surface area contributed by atoms with Gasteiger partial charge in [-0.1, -0.05) is 54.2 Å². The number of hydrogen-bond acceptors (Lipinski definition) is 7. The molecule has 5 rings (SSSR count). The topological polar surface area (TPSA) is 90.6 Å². The van der Waals surface area contributed by atoms with Crippen LogP contribution in [0.2, 0.25) is 0 Å².